The summed E-state index contributed by atoms with van der Waals surface area (Å²) >= 11 is 0. The smallest absolute Gasteiger partial charge is 0.333 e. The molecule has 0 radical (unpaired) electrons. The fourth-order valence-electron chi connectivity index (χ4n) is 1.89. The Hall–Kier alpha value is -1.68. The lowest BCUT2D eigenvalue weighted by Gasteiger charge is -2.08. The minimum atomic E-state index is -3.21. The van der Waals surface area contributed by atoms with Gasteiger partial charge in [0.15, 0.2) is 0 Å². The third-order valence-corrected chi connectivity index (χ3v) is 3.45. The van der Waals surface area contributed by atoms with Crippen molar-refractivity contribution < 1.29 is 13.3 Å². The number of aromatic nitrogens is 2. The van der Waals surface area contributed by atoms with Gasteiger partial charge in [-0.2, -0.15) is 5.10 Å². The van der Waals surface area contributed by atoms with Gasteiger partial charge in [-0.15, -0.1) is 0 Å². The van der Waals surface area contributed by atoms with Crippen LogP contribution in [0.15, 0.2) is 0 Å². The van der Waals surface area contributed by atoms with E-state index in [-0.39, 0.29) is 12.2 Å². The molecule has 120 valence electrons. The molecule has 1 heterocycles. The summed E-state index contributed by atoms with van der Waals surface area (Å²) in [6, 6.07) is 0. The van der Waals surface area contributed by atoms with Gasteiger partial charge in [0.05, 0.1) is 11.2 Å². The van der Waals surface area contributed by atoms with Crippen molar-refractivity contribution >= 4 is 21.5 Å². The van der Waals surface area contributed by atoms with Crippen LogP contribution in [-0.2, 0) is 16.6 Å². The van der Waals surface area contributed by atoms with Crippen LogP contribution in [0, 0.1) is 17.0 Å². The van der Waals surface area contributed by atoms with Gasteiger partial charge in [-0.3, -0.25) is 10.1 Å². The average Bonchev–Trinajstić information content (AvgIpc) is 2.64. The van der Waals surface area contributed by atoms with Crippen molar-refractivity contribution in [3.63, 3.8) is 0 Å². The molecule has 0 unspecified atom stereocenters. The molecule has 0 atom stereocenters. The van der Waals surface area contributed by atoms with E-state index in [1.165, 1.54) is 0 Å². The van der Waals surface area contributed by atoms with Crippen LogP contribution in [0.4, 0.5) is 11.5 Å². The van der Waals surface area contributed by atoms with Crippen molar-refractivity contribution in [3.8, 4) is 0 Å². The zero-order valence-corrected chi connectivity index (χ0v) is 13.2. The number of sulfonamides is 1. The van der Waals surface area contributed by atoms with Crippen LogP contribution in [-0.4, -0.2) is 42.5 Å². The number of rotatable bonds is 9. The van der Waals surface area contributed by atoms with Crippen molar-refractivity contribution in [2.24, 2.45) is 0 Å². The Labute approximate surface area is 123 Å². The Morgan fingerprint density at radius 3 is 2.57 bits per heavy atom. The number of nitrogens with zero attached hydrogens (tertiary/aromatic N) is 3. The summed E-state index contributed by atoms with van der Waals surface area (Å²) in [6.07, 6.45) is 2.41. The van der Waals surface area contributed by atoms with Gasteiger partial charge in [-0.25, -0.2) is 17.8 Å². The third kappa shape index (κ3) is 5.31. The first-order valence-corrected chi connectivity index (χ1v) is 8.55. The Morgan fingerprint density at radius 1 is 1.38 bits per heavy atom. The Morgan fingerprint density at radius 2 is 2.05 bits per heavy atom. The zero-order valence-electron chi connectivity index (χ0n) is 12.4. The van der Waals surface area contributed by atoms with Crippen molar-refractivity contribution in [2.75, 3.05) is 24.7 Å². The van der Waals surface area contributed by atoms with E-state index in [1.807, 2.05) is 6.92 Å². The van der Waals surface area contributed by atoms with Crippen LogP contribution in [0.2, 0.25) is 0 Å². The van der Waals surface area contributed by atoms with E-state index < -0.39 is 14.9 Å². The highest BCUT2D eigenvalue weighted by atomic mass is 32.2. The van der Waals surface area contributed by atoms with E-state index >= 15 is 0 Å². The minimum Gasteiger partial charge on any atom is -0.364 e. The number of nitrogens with one attached hydrogen (secondary N) is 2. The Balaban J connectivity index is 2.70. The van der Waals surface area contributed by atoms with Crippen molar-refractivity contribution in [2.45, 2.75) is 33.2 Å². The van der Waals surface area contributed by atoms with Gasteiger partial charge >= 0.3 is 5.69 Å². The highest BCUT2D eigenvalue weighted by Gasteiger charge is 2.24. The number of hydrogen-bond donors (Lipinski definition) is 2. The van der Waals surface area contributed by atoms with Crippen LogP contribution in [0.25, 0.3) is 0 Å². The second-order valence-electron chi connectivity index (χ2n) is 4.71. The highest BCUT2D eigenvalue weighted by Crippen LogP contribution is 2.28. The Bertz CT molecular complexity index is 596. The molecule has 0 aromatic carbocycles. The molecule has 1 aromatic heterocycles. The molecule has 9 nitrogen and oxygen atoms in total. The van der Waals surface area contributed by atoms with Crippen LogP contribution in [0.3, 0.4) is 0 Å². The Kier molecular flexibility index (Phi) is 6.09. The molecule has 10 heteroatoms. The lowest BCUT2D eigenvalue weighted by Crippen LogP contribution is -2.24. The highest BCUT2D eigenvalue weighted by molar-refractivity contribution is 7.88. The number of anilines is 1. The maximum Gasteiger partial charge on any atom is 0.333 e. The van der Waals surface area contributed by atoms with Gasteiger partial charge in [-0.05, 0) is 19.8 Å². The van der Waals surface area contributed by atoms with E-state index in [1.54, 1.807) is 11.6 Å². The zero-order chi connectivity index (χ0) is 16.0. The maximum atomic E-state index is 11.1. The molecule has 0 amide bonds. The van der Waals surface area contributed by atoms with Crippen LogP contribution in [0.5, 0.6) is 0 Å². The fourth-order valence-corrected chi connectivity index (χ4v) is 2.41. The first-order chi connectivity index (χ1) is 9.76. The van der Waals surface area contributed by atoms with Gasteiger partial charge in [0.25, 0.3) is 0 Å². The predicted molar refractivity (Wildman–Crippen MR) is 79.9 cm³/mol. The van der Waals surface area contributed by atoms with Crippen molar-refractivity contribution in [3.05, 3.63) is 15.8 Å². The van der Waals surface area contributed by atoms with Crippen molar-refractivity contribution in [1.29, 1.82) is 0 Å². The van der Waals surface area contributed by atoms with E-state index in [9.17, 15) is 18.5 Å². The summed E-state index contributed by atoms with van der Waals surface area (Å²) in [5.74, 6) is 0.374. The molecule has 0 aliphatic heterocycles. The quantitative estimate of drug-likeness (QED) is 0.396. The lowest BCUT2D eigenvalue weighted by atomic mass is 10.3. The normalized spacial score (nSPS) is 11.6. The molecular formula is C11H21N5O4S. The minimum absolute atomic E-state index is 0.0282. The first-order valence-electron chi connectivity index (χ1n) is 6.66. The molecule has 0 spiro atoms. The fraction of sp³-hybridized carbons (Fsp3) is 0.727. The van der Waals surface area contributed by atoms with Gasteiger partial charge in [0, 0.05) is 19.6 Å². The molecular weight excluding hydrogens is 298 g/mol. The topological polar surface area (TPSA) is 119 Å². The van der Waals surface area contributed by atoms with E-state index in [4.69, 9.17) is 0 Å². The molecule has 0 saturated carbocycles. The molecule has 0 aliphatic carbocycles. The van der Waals surface area contributed by atoms with Gasteiger partial charge < -0.3 is 5.32 Å². The largest absolute Gasteiger partial charge is 0.364 e. The summed E-state index contributed by atoms with van der Waals surface area (Å²) < 4.78 is 25.8. The second kappa shape index (κ2) is 7.36. The van der Waals surface area contributed by atoms with Gasteiger partial charge in [0.1, 0.15) is 5.69 Å². The molecule has 0 fully saturated rings. The standard InChI is InChI=1S/C11H21N5O4S/c1-4-8-15-11(10(16(17)18)9(2)14-15)12-6-5-7-13-21(3,19)20/h12-13H,4-8H2,1-3H3. The molecule has 1 aromatic rings. The van der Waals surface area contributed by atoms with E-state index in [0.717, 1.165) is 12.7 Å². The molecule has 2 N–H and O–H groups in total. The maximum absolute atomic E-state index is 11.1. The van der Waals surface area contributed by atoms with Gasteiger partial charge in [-0.1, -0.05) is 6.92 Å². The third-order valence-electron chi connectivity index (χ3n) is 2.72. The summed E-state index contributed by atoms with van der Waals surface area (Å²) in [5, 5.41) is 18.2. The lowest BCUT2D eigenvalue weighted by molar-refractivity contribution is -0.384. The van der Waals surface area contributed by atoms with E-state index in [2.05, 4.69) is 15.1 Å². The average molecular weight is 319 g/mol. The second-order valence-corrected chi connectivity index (χ2v) is 6.54. The first kappa shape index (κ1) is 17.4. The SMILES string of the molecule is CCCn1nc(C)c([N+](=O)[O-])c1NCCCNS(C)(=O)=O. The van der Waals surface area contributed by atoms with Crippen LogP contribution in [0.1, 0.15) is 25.5 Å². The molecule has 0 bridgehead atoms. The summed E-state index contributed by atoms with van der Waals surface area (Å²) in [7, 11) is -3.21. The molecule has 1 rings (SSSR count). The van der Waals surface area contributed by atoms with Crippen molar-refractivity contribution in [1.82, 2.24) is 14.5 Å². The summed E-state index contributed by atoms with van der Waals surface area (Å²) in [4.78, 5) is 10.6. The molecule has 0 saturated heterocycles. The molecule has 21 heavy (non-hydrogen) atoms. The number of hydrogen-bond acceptors (Lipinski definition) is 6. The van der Waals surface area contributed by atoms with Crippen LogP contribution < -0.4 is 10.0 Å². The monoisotopic (exact) mass is 319 g/mol. The van der Waals surface area contributed by atoms with E-state index in [0.29, 0.717) is 31.0 Å². The van der Waals surface area contributed by atoms with Gasteiger partial charge in [0.2, 0.25) is 15.8 Å². The van der Waals surface area contributed by atoms with Crippen LogP contribution >= 0.6 is 0 Å². The number of aryl methyl sites for hydroxylation is 2. The summed E-state index contributed by atoms with van der Waals surface area (Å²) in [6.45, 7) is 4.83. The summed E-state index contributed by atoms with van der Waals surface area (Å²) in [5.41, 5.74) is 0.338. The predicted octanol–water partition coefficient (Wildman–Crippen LogP) is 0.861. The molecule has 0 aliphatic rings. The number of nitro groups is 1.